The molecule has 0 spiro atoms. The van der Waals surface area contributed by atoms with Gasteiger partial charge in [0.05, 0.1) is 25.1 Å². The monoisotopic (exact) mass is 372 g/mol. The fourth-order valence-corrected chi connectivity index (χ4v) is 3.93. The summed E-state index contributed by atoms with van der Waals surface area (Å²) in [6.07, 6.45) is 0.883. The van der Waals surface area contributed by atoms with E-state index in [0.29, 0.717) is 18.5 Å². The minimum Gasteiger partial charge on any atom is -0.465 e. The molecular weight excluding hydrogens is 352 g/mol. The Morgan fingerprint density at radius 1 is 1.31 bits per heavy atom. The SMILES string of the molecule is COC(=O)c1ccc2c(c1)CCN2C(=O)C[C@H](NC(C)=O)c1cccs1. The van der Waals surface area contributed by atoms with Gasteiger partial charge in [-0.2, -0.15) is 0 Å². The van der Waals surface area contributed by atoms with Crippen molar-refractivity contribution in [3.05, 3.63) is 51.7 Å². The number of amides is 2. The molecule has 1 aliphatic rings. The molecule has 1 atom stereocenters. The minimum absolute atomic E-state index is 0.0540. The van der Waals surface area contributed by atoms with Crippen molar-refractivity contribution in [3.8, 4) is 0 Å². The Morgan fingerprint density at radius 2 is 2.12 bits per heavy atom. The molecule has 0 saturated carbocycles. The summed E-state index contributed by atoms with van der Waals surface area (Å²) >= 11 is 1.51. The number of benzene rings is 1. The lowest BCUT2D eigenvalue weighted by Gasteiger charge is -2.22. The lowest BCUT2D eigenvalue weighted by Crippen LogP contribution is -2.34. The van der Waals surface area contributed by atoms with Crippen LogP contribution in [0.1, 0.15) is 40.2 Å². The number of carbonyl (C=O) groups excluding carboxylic acids is 3. The number of nitrogens with one attached hydrogen (secondary N) is 1. The number of hydrogen-bond donors (Lipinski definition) is 1. The summed E-state index contributed by atoms with van der Waals surface area (Å²) in [7, 11) is 1.35. The van der Waals surface area contributed by atoms with Gasteiger partial charge in [0.25, 0.3) is 0 Å². The van der Waals surface area contributed by atoms with Crippen LogP contribution >= 0.6 is 11.3 Å². The van der Waals surface area contributed by atoms with E-state index in [0.717, 1.165) is 16.1 Å². The van der Waals surface area contributed by atoms with Crippen molar-refractivity contribution in [2.75, 3.05) is 18.6 Å². The fourth-order valence-electron chi connectivity index (χ4n) is 3.15. The first-order valence-corrected chi connectivity index (χ1v) is 9.19. The fraction of sp³-hybridized carbons (Fsp3) is 0.316. The van der Waals surface area contributed by atoms with Crippen LogP contribution in [0.5, 0.6) is 0 Å². The number of hydrogen-bond acceptors (Lipinski definition) is 5. The summed E-state index contributed by atoms with van der Waals surface area (Å²) in [5, 5.41) is 4.78. The second-order valence-corrected chi connectivity index (χ2v) is 7.08. The molecule has 0 fully saturated rings. The summed E-state index contributed by atoms with van der Waals surface area (Å²) in [6.45, 7) is 2.01. The lowest BCUT2D eigenvalue weighted by atomic mass is 10.1. The van der Waals surface area contributed by atoms with E-state index in [1.54, 1.807) is 23.1 Å². The summed E-state index contributed by atoms with van der Waals surface area (Å²) in [5.74, 6) is -0.608. The molecule has 1 aliphatic heterocycles. The maximum absolute atomic E-state index is 12.9. The van der Waals surface area contributed by atoms with E-state index in [-0.39, 0.29) is 30.2 Å². The topological polar surface area (TPSA) is 75.7 Å². The third-order valence-electron chi connectivity index (χ3n) is 4.34. The largest absolute Gasteiger partial charge is 0.465 e. The maximum atomic E-state index is 12.9. The standard InChI is InChI=1S/C19H20N2O4S/c1-12(22)20-15(17-4-3-9-26-17)11-18(23)21-8-7-13-10-14(19(24)25-2)5-6-16(13)21/h3-6,9-10,15H,7-8,11H2,1-2H3,(H,20,22)/t15-/m0/s1. The Hall–Kier alpha value is -2.67. The summed E-state index contributed by atoms with van der Waals surface area (Å²) in [6, 6.07) is 8.71. The maximum Gasteiger partial charge on any atom is 0.337 e. The van der Waals surface area contributed by atoms with Crippen molar-refractivity contribution >= 4 is 34.8 Å². The van der Waals surface area contributed by atoms with Crippen LogP contribution in [0.2, 0.25) is 0 Å². The number of thiophene rings is 1. The molecule has 26 heavy (non-hydrogen) atoms. The molecule has 1 aromatic heterocycles. The quantitative estimate of drug-likeness (QED) is 0.819. The van der Waals surface area contributed by atoms with Crippen molar-refractivity contribution in [2.24, 2.45) is 0 Å². The molecule has 0 aliphatic carbocycles. The Bertz CT molecular complexity index is 832. The Kier molecular flexibility index (Phi) is 5.37. The normalized spacial score (nSPS) is 13.8. The number of ether oxygens (including phenoxy) is 1. The van der Waals surface area contributed by atoms with Gasteiger partial charge in [0.1, 0.15) is 0 Å². The average molecular weight is 372 g/mol. The minimum atomic E-state index is -0.388. The average Bonchev–Trinajstić information content (AvgIpc) is 3.29. The van der Waals surface area contributed by atoms with E-state index >= 15 is 0 Å². The molecule has 2 amide bonds. The molecule has 0 bridgehead atoms. The van der Waals surface area contributed by atoms with E-state index < -0.39 is 0 Å². The summed E-state index contributed by atoms with van der Waals surface area (Å²) in [5.41, 5.74) is 2.25. The molecule has 1 aromatic carbocycles. The molecule has 2 heterocycles. The van der Waals surface area contributed by atoms with Crippen LogP contribution in [0.15, 0.2) is 35.7 Å². The number of carbonyl (C=O) groups is 3. The number of rotatable bonds is 5. The molecule has 0 radical (unpaired) electrons. The molecular formula is C19H20N2O4S. The van der Waals surface area contributed by atoms with Gasteiger partial charge >= 0.3 is 5.97 Å². The molecule has 6 nitrogen and oxygen atoms in total. The second kappa shape index (κ2) is 7.70. The Morgan fingerprint density at radius 3 is 2.77 bits per heavy atom. The first-order valence-electron chi connectivity index (χ1n) is 8.31. The highest BCUT2D eigenvalue weighted by molar-refractivity contribution is 7.10. The molecule has 3 rings (SSSR count). The lowest BCUT2D eigenvalue weighted by molar-refractivity contribution is -0.121. The summed E-state index contributed by atoms with van der Waals surface area (Å²) in [4.78, 5) is 38.7. The van der Waals surface area contributed by atoms with Gasteiger partial charge in [-0.25, -0.2) is 4.79 Å². The molecule has 136 valence electrons. The number of nitrogens with zero attached hydrogens (tertiary/aromatic N) is 1. The van der Waals surface area contributed by atoms with Crippen molar-refractivity contribution < 1.29 is 19.1 Å². The van der Waals surface area contributed by atoms with Crippen LogP contribution in [-0.2, 0) is 20.7 Å². The van der Waals surface area contributed by atoms with Crippen molar-refractivity contribution in [1.29, 1.82) is 0 Å². The van der Waals surface area contributed by atoms with Gasteiger partial charge < -0.3 is 15.0 Å². The van der Waals surface area contributed by atoms with Gasteiger partial charge in [-0.05, 0) is 41.6 Å². The van der Waals surface area contributed by atoms with Gasteiger partial charge in [-0.1, -0.05) is 6.07 Å². The predicted molar refractivity (Wildman–Crippen MR) is 99.3 cm³/mol. The van der Waals surface area contributed by atoms with E-state index in [9.17, 15) is 14.4 Å². The van der Waals surface area contributed by atoms with Gasteiger partial charge in [-0.15, -0.1) is 11.3 Å². The van der Waals surface area contributed by atoms with Crippen LogP contribution in [0.25, 0.3) is 0 Å². The molecule has 0 unspecified atom stereocenters. The molecule has 0 saturated heterocycles. The highest BCUT2D eigenvalue weighted by atomic mass is 32.1. The van der Waals surface area contributed by atoms with Crippen molar-refractivity contribution in [3.63, 3.8) is 0 Å². The van der Waals surface area contributed by atoms with E-state index in [1.165, 1.54) is 25.4 Å². The van der Waals surface area contributed by atoms with Crippen molar-refractivity contribution in [2.45, 2.75) is 25.8 Å². The third kappa shape index (κ3) is 3.77. The summed E-state index contributed by atoms with van der Waals surface area (Å²) < 4.78 is 4.74. The number of fused-ring (bicyclic) bond motifs is 1. The van der Waals surface area contributed by atoms with Gasteiger partial charge in [0, 0.05) is 24.0 Å². The first-order chi connectivity index (χ1) is 12.5. The number of methoxy groups -OCH3 is 1. The zero-order valence-electron chi connectivity index (χ0n) is 14.7. The van der Waals surface area contributed by atoms with Crippen LogP contribution in [-0.4, -0.2) is 31.4 Å². The van der Waals surface area contributed by atoms with E-state index in [4.69, 9.17) is 4.74 Å². The second-order valence-electron chi connectivity index (χ2n) is 6.10. The Balaban J connectivity index is 1.77. The molecule has 2 aromatic rings. The number of esters is 1. The van der Waals surface area contributed by atoms with E-state index in [1.807, 2.05) is 17.5 Å². The predicted octanol–water partition coefficient (Wildman–Crippen LogP) is 2.69. The molecule has 7 heteroatoms. The smallest absolute Gasteiger partial charge is 0.337 e. The highest BCUT2D eigenvalue weighted by Gasteiger charge is 2.28. The van der Waals surface area contributed by atoms with Crippen LogP contribution in [0.4, 0.5) is 5.69 Å². The van der Waals surface area contributed by atoms with Gasteiger partial charge in [-0.3, -0.25) is 9.59 Å². The number of anilines is 1. The van der Waals surface area contributed by atoms with Crippen LogP contribution in [0, 0.1) is 0 Å². The van der Waals surface area contributed by atoms with E-state index in [2.05, 4.69) is 5.32 Å². The molecule has 1 N–H and O–H groups in total. The van der Waals surface area contributed by atoms with Crippen LogP contribution in [0.3, 0.4) is 0 Å². The highest BCUT2D eigenvalue weighted by Crippen LogP contribution is 2.31. The first kappa shape index (κ1) is 18.1. The van der Waals surface area contributed by atoms with Crippen molar-refractivity contribution in [1.82, 2.24) is 5.32 Å². The Labute approximate surface area is 155 Å². The van der Waals surface area contributed by atoms with Gasteiger partial charge in [0.15, 0.2) is 0 Å². The van der Waals surface area contributed by atoms with Crippen LogP contribution < -0.4 is 10.2 Å². The zero-order chi connectivity index (χ0) is 18.7. The zero-order valence-corrected chi connectivity index (χ0v) is 15.5. The van der Waals surface area contributed by atoms with Gasteiger partial charge in [0.2, 0.25) is 11.8 Å². The third-order valence-corrected chi connectivity index (χ3v) is 5.33.